The zero-order valence-corrected chi connectivity index (χ0v) is 16.1. The number of carbonyl (C=O) groups is 1. The van der Waals surface area contributed by atoms with Gasteiger partial charge in [-0.1, -0.05) is 48.3 Å². The summed E-state index contributed by atoms with van der Waals surface area (Å²) in [5.41, 5.74) is 0.574. The number of carboxylic acid groups (broad SMARTS) is 1. The lowest BCUT2D eigenvalue weighted by atomic mass is 10.1. The molecule has 10 heteroatoms. The van der Waals surface area contributed by atoms with Crippen molar-refractivity contribution in [2.45, 2.75) is 6.42 Å². The van der Waals surface area contributed by atoms with E-state index in [9.17, 15) is 14.9 Å². The molecule has 0 amide bonds. The van der Waals surface area contributed by atoms with Crippen molar-refractivity contribution in [3.63, 3.8) is 0 Å². The number of nitro benzene ring substituents is 1. The Bertz CT molecular complexity index is 982. The van der Waals surface area contributed by atoms with Gasteiger partial charge in [-0.2, -0.15) is 0 Å². The fourth-order valence-corrected chi connectivity index (χ4v) is 4.18. The maximum atomic E-state index is 10.9. The Morgan fingerprint density at radius 3 is 2.81 bits per heavy atom. The first-order chi connectivity index (χ1) is 12.8. The molecule has 27 heavy (non-hydrogen) atoms. The normalized spacial score (nSPS) is 15.6. The lowest BCUT2D eigenvalue weighted by Gasteiger charge is -2.14. The van der Waals surface area contributed by atoms with E-state index in [0.29, 0.717) is 31.3 Å². The zero-order valence-electron chi connectivity index (χ0n) is 13.7. The van der Waals surface area contributed by atoms with Crippen LogP contribution in [-0.2, 0) is 4.79 Å². The van der Waals surface area contributed by atoms with Gasteiger partial charge in [0.2, 0.25) is 0 Å². The molecule has 0 unspecified atom stereocenters. The first-order valence-electron chi connectivity index (χ1n) is 7.67. The molecule has 7 nitrogen and oxygen atoms in total. The van der Waals surface area contributed by atoms with E-state index in [4.69, 9.17) is 34.0 Å². The summed E-state index contributed by atoms with van der Waals surface area (Å²) in [5, 5.41) is 19.7. The molecule has 1 fully saturated rings. The molecule has 1 N–H and O–H groups in total. The van der Waals surface area contributed by atoms with Crippen LogP contribution in [0.25, 0.3) is 17.4 Å². The van der Waals surface area contributed by atoms with E-state index >= 15 is 0 Å². The standard InChI is InChI=1S/C17H12N2O5S3/c20-15(21)6-7-18-16(25)14(27-17(18)26)9-12-4-5-13(24-12)10-2-1-3-11(8-10)19(22)23/h1-5,8-9H,6-7H2,(H,20,21). The van der Waals surface area contributed by atoms with Gasteiger partial charge in [0, 0.05) is 24.2 Å². The van der Waals surface area contributed by atoms with Crippen molar-refractivity contribution in [1.29, 1.82) is 0 Å². The Morgan fingerprint density at radius 2 is 2.11 bits per heavy atom. The number of nitro groups is 1. The lowest BCUT2D eigenvalue weighted by Crippen LogP contribution is -2.29. The van der Waals surface area contributed by atoms with E-state index in [1.165, 1.54) is 23.9 Å². The van der Waals surface area contributed by atoms with Crippen molar-refractivity contribution in [2.75, 3.05) is 6.54 Å². The number of non-ortho nitro benzene ring substituents is 1. The van der Waals surface area contributed by atoms with Gasteiger partial charge in [-0.3, -0.25) is 14.9 Å². The van der Waals surface area contributed by atoms with E-state index in [1.807, 2.05) is 0 Å². The molecule has 0 atom stereocenters. The van der Waals surface area contributed by atoms with Gasteiger partial charge in [0.05, 0.1) is 16.2 Å². The molecule has 0 bridgehead atoms. The number of rotatable bonds is 6. The molecular formula is C17H12N2O5S3. The second-order valence-corrected chi connectivity index (χ2v) is 7.55. The number of hydrogen-bond donors (Lipinski definition) is 1. The minimum atomic E-state index is -0.921. The van der Waals surface area contributed by atoms with Crippen LogP contribution in [0.15, 0.2) is 45.7 Å². The monoisotopic (exact) mass is 420 g/mol. The predicted molar refractivity (Wildman–Crippen MR) is 111 cm³/mol. The van der Waals surface area contributed by atoms with Crippen LogP contribution < -0.4 is 0 Å². The van der Waals surface area contributed by atoms with Crippen LogP contribution in [0.1, 0.15) is 12.2 Å². The number of carboxylic acids is 1. The maximum Gasteiger partial charge on any atom is 0.305 e. The molecule has 1 aliphatic heterocycles. The molecule has 1 aliphatic rings. The minimum absolute atomic E-state index is 0.0178. The van der Waals surface area contributed by atoms with Gasteiger partial charge >= 0.3 is 5.97 Å². The van der Waals surface area contributed by atoms with Gasteiger partial charge in [0.1, 0.15) is 20.8 Å². The Hall–Kier alpha value is -2.56. The summed E-state index contributed by atoms with van der Waals surface area (Å²) in [5.74, 6) is 0.0877. The molecule has 138 valence electrons. The number of nitrogens with zero attached hydrogens (tertiary/aromatic N) is 2. The van der Waals surface area contributed by atoms with Gasteiger partial charge < -0.3 is 14.4 Å². The smallest absolute Gasteiger partial charge is 0.305 e. The highest BCUT2D eigenvalue weighted by Gasteiger charge is 2.29. The second kappa shape index (κ2) is 7.99. The first kappa shape index (κ1) is 19.2. The van der Waals surface area contributed by atoms with Crippen molar-refractivity contribution in [1.82, 2.24) is 4.90 Å². The summed E-state index contributed by atoms with van der Waals surface area (Å²) < 4.78 is 6.25. The fraction of sp³-hybridized carbons (Fsp3) is 0.118. The van der Waals surface area contributed by atoms with Crippen molar-refractivity contribution < 1.29 is 19.2 Å². The average Bonchev–Trinajstić information content (AvgIpc) is 3.19. The van der Waals surface area contributed by atoms with E-state index in [2.05, 4.69) is 0 Å². The van der Waals surface area contributed by atoms with Gasteiger partial charge in [0.25, 0.3) is 5.69 Å². The van der Waals surface area contributed by atoms with Crippen molar-refractivity contribution in [3.05, 3.63) is 57.2 Å². The van der Waals surface area contributed by atoms with Crippen molar-refractivity contribution in [3.8, 4) is 11.3 Å². The molecule has 0 spiro atoms. The van der Waals surface area contributed by atoms with Crippen LogP contribution in [0, 0.1) is 10.1 Å². The molecule has 0 aliphatic carbocycles. The second-order valence-electron chi connectivity index (χ2n) is 5.49. The minimum Gasteiger partial charge on any atom is -0.481 e. The summed E-state index contributed by atoms with van der Waals surface area (Å²) in [6.07, 6.45) is 1.66. The fourth-order valence-electron chi connectivity index (χ4n) is 2.39. The quantitative estimate of drug-likeness (QED) is 0.317. The number of aliphatic carboxylic acids is 1. The van der Waals surface area contributed by atoms with Crippen molar-refractivity contribution in [2.24, 2.45) is 0 Å². The summed E-state index contributed by atoms with van der Waals surface area (Å²) in [7, 11) is 0. The molecule has 3 rings (SSSR count). The van der Waals surface area contributed by atoms with Crippen LogP contribution in [-0.4, -0.2) is 36.8 Å². The Kier molecular flexibility index (Phi) is 5.68. The van der Waals surface area contributed by atoms with Gasteiger partial charge in [0.15, 0.2) is 0 Å². The molecule has 2 aromatic rings. The number of thioether (sulfide) groups is 1. The zero-order chi connectivity index (χ0) is 19.6. The Labute approximate surface area is 168 Å². The van der Waals surface area contributed by atoms with Crippen LogP contribution in [0.4, 0.5) is 5.69 Å². The summed E-state index contributed by atoms with van der Waals surface area (Å²) >= 11 is 11.9. The third-order valence-electron chi connectivity index (χ3n) is 3.66. The molecule has 0 saturated carbocycles. The average molecular weight is 420 g/mol. The number of hydrogen-bond acceptors (Lipinski definition) is 7. The Morgan fingerprint density at radius 1 is 1.33 bits per heavy atom. The summed E-state index contributed by atoms with van der Waals surface area (Å²) in [4.78, 5) is 24.0. The molecule has 1 saturated heterocycles. The highest BCUT2D eigenvalue weighted by molar-refractivity contribution is 8.27. The largest absolute Gasteiger partial charge is 0.481 e. The van der Waals surface area contributed by atoms with E-state index in [1.54, 1.807) is 35.2 Å². The van der Waals surface area contributed by atoms with Gasteiger partial charge in [-0.15, -0.1) is 0 Å². The lowest BCUT2D eigenvalue weighted by molar-refractivity contribution is -0.384. The third-order valence-corrected chi connectivity index (χ3v) is 5.63. The van der Waals surface area contributed by atoms with E-state index in [0.717, 1.165) is 0 Å². The van der Waals surface area contributed by atoms with Gasteiger partial charge in [-0.05, 0) is 18.2 Å². The Balaban J connectivity index is 1.80. The number of benzene rings is 1. The van der Waals surface area contributed by atoms with E-state index in [-0.39, 0.29) is 18.7 Å². The van der Waals surface area contributed by atoms with Crippen LogP contribution in [0.5, 0.6) is 0 Å². The molecule has 0 radical (unpaired) electrons. The predicted octanol–water partition coefficient (Wildman–Crippen LogP) is 4.33. The van der Waals surface area contributed by atoms with E-state index < -0.39 is 10.9 Å². The van der Waals surface area contributed by atoms with Crippen molar-refractivity contribution >= 4 is 63.2 Å². The third kappa shape index (κ3) is 4.41. The molecule has 2 heterocycles. The first-order valence-corrected chi connectivity index (χ1v) is 9.30. The highest BCUT2D eigenvalue weighted by atomic mass is 32.2. The van der Waals surface area contributed by atoms with Crippen LogP contribution >= 0.6 is 36.2 Å². The van der Waals surface area contributed by atoms with Crippen LogP contribution in [0.2, 0.25) is 0 Å². The SMILES string of the molecule is O=C(O)CCN1C(=S)SC(=Cc2ccc(-c3cccc([N+](=O)[O-])c3)o2)C1=S. The summed E-state index contributed by atoms with van der Waals surface area (Å²) in [6, 6.07) is 9.61. The highest BCUT2D eigenvalue weighted by Crippen LogP contribution is 2.35. The maximum absolute atomic E-state index is 10.9. The summed E-state index contributed by atoms with van der Waals surface area (Å²) in [6.45, 7) is 0.217. The van der Waals surface area contributed by atoms with Crippen LogP contribution in [0.3, 0.4) is 0 Å². The van der Waals surface area contributed by atoms with Gasteiger partial charge in [-0.25, -0.2) is 0 Å². The topological polar surface area (TPSA) is 96.8 Å². The molecule has 1 aromatic carbocycles. The number of thiocarbonyl (C=S) groups is 2. The molecule has 1 aromatic heterocycles. The number of furan rings is 1. The molecular weight excluding hydrogens is 408 g/mol.